The summed E-state index contributed by atoms with van der Waals surface area (Å²) in [4.78, 5) is 4.21. The summed E-state index contributed by atoms with van der Waals surface area (Å²) in [6, 6.07) is 8.75. The van der Waals surface area contributed by atoms with Crippen LogP contribution in [-0.2, 0) is 0 Å². The minimum atomic E-state index is 0.683. The summed E-state index contributed by atoms with van der Waals surface area (Å²) >= 11 is 0. The molecule has 1 aliphatic heterocycles. The first-order chi connectivity index (χ1) is 8.36. The SMILES string of the molecule is CC1CNCCC1c1cccc2cnccc12. The van der Waals surface area contributed by atoms with Gasteiger partial charge in [0.15, 0.2) is 0 Å². The second-order valence-electron chi connectivity index (χ2n) is 5.02. The topological polar surface area (TPSA) is 24.9 Å². The third-order valence-corrected chi connectivity index (χ3v) is 3.90. The average Bonchev–Trinajstić information content (AvgIpc) is 2.39. The van der Waals surface area contributed by atoms with Crippen molar-refractivity contribution in [2.45, 2.75) is 19.3 Å². The van der Waals surface area contributed by atoms with Crippen molar-refractivity contribution < 1.29 is 0 Å². The van der Waals surface area contributed by atoms with Crippen molar-refractivity contribution in [1.82, 2.24) is 10.3 Å². The molecule has 2 heteroatoms. The molecule has 1 aromatic carbocycles. The van der Waals surface area contributed by atoms with Crippen LogP contribution in [0.25, 0.3) is 10.8 Å². The Labute approximate surface area is 102 Å². The van der Waals surface area contributed by atoms with Gasteiger partial charge in [-0.3, -0.25) is 4.98 Å². The van der Waals surface area contributed by atoms with Crippen LogP contribution in [0.1, 0.15) is 24.8 Å². The van der Waals surface area contributed by atoms with Crippen molar-refractivity contribution in [3.8, 4) is 0 Å². The third kappa shape index (κ3) is 1.93. The highest BCUT2D eigenvalue weighted by molar-refractivity contribution is 5.85. The maximum atomic E-state index is 4.21. The number of piperidine rings is 1. The Kier molecular flexibility index (Phi) is 2.81. The predicted molar refractivity (Wildman–Crippen MR) is 71.1 cm³/mol. The Morgan fingerprint density at radius 3 is 3.12 bits per heavy atom. The number of nitrogens with zero attached hydrogens (tertiary/aromatic N) is 1. The number of nitrogens with one attached hydrogen (secondary N) is 1. The summed E-state index contributed by atoms with van der Waals surface area (Å²) in [6.45, 7) is 4.61. The molecule has 0 bridgehead atoms. The minimum Gasteiger partial charge on any atom is -0.316 e. The first kappa shape index (κ1) is 10.7. The molecule has 0 aliphatic carbocycles. The van der Waals surface area contributed by atoms with Gasteiger partial charge in [-0.1, -0.05) is 25.1 Å². The maximum Gasteiger partial charge on any atom is 0.0346 e. The summed E-state index contributed by atoms with van der Waals surface area (Å²) in [5.74, 6) is 1.39. The third-order valence-electron chi connectivity index (χ3n) is 3.90. The minimum absolute atomic E-state index is 0.683. The van der Waals surface area contributed by atoms with Gasteiger partial charge in [0.25, 0.3) is 0 Å². The molecule has 2 heterocycles. The standard InChI is InChI=1S/C15H18N2/c1-11-9-16-7-5-13(11)15-4-2-3-12-10-17-8-6-14(12)15/h2-4,6,8,10-11,13,16H,5,7,9H2,1H3. The van der Waals surface area contributed by atoms with E-state index in [1.165, 1.54) is 22.8 Å². The molecule has 17 heavy (non-hydrogen) atoms. The highest BCUT2D eigenvalue weighted by Gasteiger charge is 2.23. The number of rotatable bonds is 1. The van der Waals surface area contributed by atoms with E-state index in [1.54, 1.807) is 0 Å². The monoisotopic (exact) mass is 226 g/mol. The lowest BCUT2D eigenvalue weighted by Crippen LogP contribution is -2.33. The predicted octanol–water partition coefficient (Wildman–Crippen LogP) is 2.95. The molecule has 1 aromatic heterocycles. The zero-order valence-corrected chi connectivity index (χ0v) is 10.2. The van der Waals surface area contributed by atoms with E-state index in [4.69, 9.17) is 0 Å². The quantitative estimate of drug-likeness (QED) is 0.808. The molecule has 2 nitrogen and oxygen atoms in total. The van der Waals surface area contributed by atoms with Gasteiger partial charge in [0.1, 0.15) is 0 Å². The van der Waals surface area contributed by atoms with Crippen LogP contribution >= 0.6 is 0 Å². The van der Waals surface area contributed by atoms with Crippen LogP contribution in [0.4, 0.5) is 0 Å². The van der Waals surface area contributed by atoms with Crippen molar-refractivity contribution in [1.29, 1.82) is 0 Å². The van der Waals surface area contributed by atoms with Crippen LogP contribution < -0.4 is 5.32 Å². The fraction of sp³-hybridized carbons (Fsp3) is 0.400. The zero-order chi connectivity index (χ0) is 11.7. The second kappa shape index (κ2) is 4.46. The van der Waals surface area contributed by atoms with E-state index in [-0.39, 0.29) is 0 Å². The van der Waals surface area contributed by atoms with Gasteiger partial charge in [0.2, 0.25) is 0 Å². The lowest BCUT2D eigenvalue weighted by atomic mass is 9.80. The molecular formula is C15H18N2. The summed E-state index contributed by atoms with van der Waals surface area (Å²) in [5.41, 5.74) is 1.50. The Morgan fingerprint density at radius 2 is 2.24 bits per heavy atom. The highest BCUT2D eigenvalue weighted by Crippen LogP contribution is 2.34. The van der Waals surface area contributed by atoms with Crippen molar-refractivity contribution >= 4 is 10.8 Å². The molecule has 1 fully saturated rings. The van der Waals surface area contributed by atoms with Gasteiger partial charge < -0.3 is 5.32 Å². The average molecular weight is 226 g/mol. The normalized spacial score (nSPS) is 25.0. The lowest BCUT2D eigenvalue weighted by Gasteiger charge is -2.30. The Balaban J connectivity index is 2.10. The van der Waals surface area contributed by atoms with Crippen molar-refractivity contribution in [2.24, 2.45) is 5.92 Å². The van der Waals surface area contributed by atoms with Gasteiger partial charge in [0.05, 0.1) is 0 Å². The van der Waals surface area contributed by atoms with E-state index < -0.39 is 0 Å². The van der Waals surface area contributed by atoms with Gasteiger partial charge in [0, 0.05) is 17.8 Å². The largest absolute Gasteiger partial charge is 0.316 e. The van der Waals surface area contributed by atoms with Crippen LogP contribution in [0.2, 0.25) is 0 Å². The number of aromatic nitrogens is 1. The van der Waals surface area contributed by atoms with Crippen molar-refractivity contribution in [3.05, 3.63) is 42.2 Å². The second-order valence-corrected chi connectivity index (χ2v) is 5.02. The maximum absolute atomic E-state index is 4.21. The Hall–Kier alpha value is -1.41. The van der Waals surface area contributed by atoms with Crippen LogP contribution in [-0.4, -0.2) is 18.1 Å². The summed E-state index contributed by atoms with van der Waals surface area (Å²) in [5, 5.41) is 6.11. The Bertz CT molecular complexity index is 516. The molecule has 2 atom stereocenters. The molecule has 2 unspecified atom stereocenters. The summed E-state index contributed by atoms with van der Waals surface area (Å²) in [6.07, 6.45) is 5.10. The fourth-order valence-corrected chi connectivity index (χ4v) is 2.95. The van der Waals surface area contributed by atoms with Gasteiger partial charge in [-0.2, -0.15) is 0 Å². The number of pyridine rings is 1. The van der Waals surface area contributed by atoms with Crippen LogP contribution in [0.5, 0.6) is 0 Å². The lowest BCUT2D eigenvalue weighted by molar-refractivity contribution is 0.351. The zero-order valence-electron chi connectivity index (χ0n) is 10.2. The summed E-state index contributed by atoms with van der Waals surface area (Å²) < 4.78 is 0. The van der Waals surface area contributed by atoms with E-state index in [2.05, 4.69) is 41.5 Å². The van der Waals surface area contributed by atoms with E-state index in [1.807, 2.05) is 12.4 Å². The Morgan fingerprint density at radius 1 is 1.29 bits per heavy atom. The number of hydrogen-bond acceptors (Lipinski definition) is 2. The van der Waals surface area contributed by atoms with Gasteiger partial charge >= 0.3 is 0 Å². The number of fused-ring (bicyclic) bond motifs is 1. The first-order valence-corrected chi connectivity index (χ1v) is 6.39. The van der Waals surface area contributed by atoms with Crippen LogP contribution in [0, 0.1) is 5.92 Å². The van der Waals surface area contributed by atoms with E-state index in [0.29, 0.717) is 11.8 Å². The van der Waals surface area contributed by atoms with Crippen LogP contribution in [0.3, 0.4) is 0 Å². The number of hydrogen-bond donors (Lipinski definition) is 1. The highest BCUT2D eigenvalue weighted by atomic mass is 14.9. The molecular weight excluding hydrogens is 208 g/mol. The van der Waals surface area contributed by atoms with Gasteiger partial charge in [-0.25, -0.2) is 0 Å². The first-order valence-electron chi connectivity index (χ1n) is 6.39. The van der Waals surface area contributed by atoms with Gasteiger partial charge in [-0.15, -0.1) is 0 Å². The molecule has 1 N–H and O–H groups in total. The smallest absolute Gasteiger partial charge is 0.0346 e. The molecule has 0 amide bonds. The van der Waals surface area contributed by atoms with E-state index >= 15 is 0 Å². The molecule has 0 saturated carbocycles. The van der Waals surface area contributed by atoms with Gasteiger partial charge in [-0.05, 0) is 48.4 Å². The fourth-order valence-electron chi connectivity index (χ4n) is 2.95. The van der Waals surface area contributed by atoms with Crippen molar-refractivity contribution in [3.63, 3.8) is 0 Å². The molecule has 0 radical (unpaired) electrons. The molecule has 88 valence electrons. The molecule has 1 aliphatic rings. The van der Waals surface area contributed by atoms with Crippen molar-refractivity contribution in [2.75, 3.05) is 13.1 Å². The molecule has 1 saturated heterocycles. The molecule has 3 rings (SSSR count). The van der Waals surface area contributed by atoms with Crippen LogP contribution in [0.15, 0.2) is 36.7 Å². The summed E-state index contributed by atoms with van der Waals surface area (Å²) in [7, 11) is 0. The molecule has 0 spiro atoms. The van der Waals surface area contributed by atoms with E-state index in [9.17, 15) is 0 Å². The number of benzene rings is 1. The molecule has 2 aromatic rings. The van der Waals surface area contributed by atoms with E-state index in [0.717, 1.165) is 13.1 Å².